The molecule has 1 heterocycles. The number of carboxylic acid groups (broad SMARTS) is 1. The molecule has 0 saturated carbocycles. The summed E-state index contributed by atoms with van der Waals surface area (Å²) in [5.41, 5.74) is -0.817. The van der Waals surface area contributed by atoms with Gasteiger partial charge in [-0.3, -0.25) is 9.59 Å². The van der Waals surface area contributed by atoms with Gasteiger partial charge in [-0.05, 0) is 40.9 Å². The Labute approximate surface area is 114 Å². The molecule has 0 fully saturated rings. The number of carboxylic acids is 1. The van der Waals surface area contributed by atoms with Gasteiger partial charge in [0, 0.05) is 0 Å². The van der Waals surface area contributed by atoms with Crippen LogP contribution in [0.4, 0.5) is 0 Å². The molecule has 1 aromatic heterocycles. The molecule has 0 aromatic carbocycles. The van der Waals surface area contributed by atoms with Crippen LogP contribution in [-0.2, 0) is 4.79 Å². The van der Waals surface area contributed by atoms with Crippen molar-refractivity contribution in [2.24, 2.45) is 5.92 Å². The Kier molecular flexibility index (Phi) is 4.56. The highest BCUT2D eigenvalue weighted by atomic mass is 79.9. The molecule has 100 valence electrons. The summed E-state index contributed by atoms with van der Waals surface area (Å²) in [6.07, 6.45) is -0.141. The van der Waals surface area contributed by atoms with Crippen molar-refractivity contribution in [3.05, 3.63) is 22.6 Å². The van der Waals surface area contributed by atoms with Gasteiger partial charge in [0.05, 0.1) is 12.0 Å². The van der Waals surface area contributed by atoms with Gasteiger partial charge in [-0.15, -0.1) is 0 Å². The summed E-state index contributed by atoms with van der Waals surface area (Å²) in [6.45, 7) is 5.43. The Morgan fingerprint density at radius 3 is 2.50 bits per heavy atom. The van der Waals surface area contributed by atoms with E-state index in [4.69, 9.17) is 9.52 Å². The first-order valence-electron chi connectivity index (χ1n) is 5.54. The number of furan rings is 1. The van der Waals surface area contributed by atoms with E-state index < -0.39 is 17.4 Å². The lowest BCUT2D eigenvalue weighted by atomic mass is 9.85. The van der Waals surface area contributed by atoms with Gasteiger partial charge in [-0.1, -0.05) is 13.8 Å². The van der Waals surface area contributed by atoms with E-state index in [0.29, 0.717) is 4.67 Å². The molecule has 2 N–H and O–H groups in total. The smallest absolute Gasteiger partial charge is 0.305 e. The van der Waals surface area contributed by atoms with E-state index in [1.807, 2.05) is 13.8 Å². The minimum absolute atomic E-state index is 0.0176. The lowest BCUT2D eigenvalue weighted by Crippen LogP contribution is -2.51. The topological polar surface area (TPSA) is 79.5 Å². The van der Waals surface area contributed by atoms with Crippen molar-refractivity contribution < 1.29 is 19.1 Å². The van der Waals surface area contributed by atoms with Crippen LogP contribution in [0.15, 0.2) is 21.2 Å². The number of hydrogen-bond donors (Lipinski definition) is 2. The molecule has 6 heteroatoms. The van der Waals surface area contributed by atoms with E-state index >= 15 is 0 Å². The van der Waals surface area contributed by atoms with Crippen molar-refractivity contribution in [3.63, 3.8) is 0 Å². The highest BCUT2D eigenvalue weighted by Gasteiger charge is 2.33. The van der Waals surface area contributed by atoms with Crippen molar-refractivity contribution in [2.75, 3.05) is 0 Å². The fourth-order valence-electron chi connectivity index (χ4n) is 1.46. The minimum atomic E-state index is -0.952. The Balaban J connectivity index is 2.84. The molecule has 0 saturated heterocycles. The average molecular weight is 318 g/mol. The van der Waals surface area contributed by atoms with Gasteiger partial charge >= 0.3 is 5.97 Å². The van der Waals surface area contributed by atoms with Gasteiger partial charge in [-0.25, -0.2) is 0 Å². The predicted molar refractivity (Wildman–Crippen MR) is 69.4 cm³/mol. The summed E-state index contributed by atoms with van der Waals surface area (Å²) >= 11 is 3.11. The lowest BCUT2D eigenvalue weighted by molar-refractivity contribution is -0.138. The van der Waals surface area contributed by atoms with Crippen molar-refractivity contribution in [1.82, 2.24) is 5.32 Å². The first-order valence-corrected chi connectivity index (χ1v) is 6.33. The highest BCUT2D eigenvalue weighted by molar-refractivity contribution is 9.10. The zero-order valence-corrected chi connectivity index (χ0v) is 12.1. The maximum Gasteiger partial charge on any atom is 0.305 e. The Morgan fingerprint density at radius 1 is 1.50 bits per heavy atom. The van der Waals surface area contributed by atoms with Crippen molar-refractivity contribution in [1.29, 1.82) is 0 Å². The quantitative estimate of drug-likeness (QED) is 0.875. The Morgan fingerprint density at radius 2 is 2.11 bits per heavy atom. The molecule has 1 amide bonds. The second kappa shape index (κ2) is 5.56. The van der Waals surface area contributed by atoms with E-state index in [1.165, 1.54) is 6.07 Å². The van der Waals surface area contributed by atoms with Crippen LogP contribution in [0.1, 0.15) is 37.7 Å². The molecule has 1 rings (SSSR count). The van der Waals surface area contributed by atoms with E-state index in [9.17, 15) is 9.59 Å². The number of hydrogen-bond acceptors (Lipinski definition) is 3. The monoisotopic (exact) mass is 317 g/mol. The maximum atomic E-state index is 11.9. The number of amides is 1. The molecular formula is C12H16BrNO4. The van der Waals surface area contributed by atoms with Crippen molar-refractivity contribution >= 4 is 27.8 Å². The van der Waals surface area contributed by atoms with Crippen LogP contribution in [0.2, 0.25) is 0 Å². The van der Waals surface area contributed by atoms with Gasteiger partial charge < -0.3 is 14.8 Å². The van der Waals surface area contributed by atoms with Crippen LogP contribution in [-0.4, -0.2) is 22.5 Å². The third-order valence-corrected chi connectivity index (χ3v) is 3.42. The van der Waals surface area contributed by atoms with E-state index in [1.54, 1.807) is 13.0 Å². The summed E-state index contributed by atoms with van der Waals surface area (Å²) in [5.74, 6) is -1.24. The first-order chi connectivity index (χ1) is 8.24. The minimum Gasteiger partial charge on any atom is -0.481 e. The third-order valence-electron chi connectivity index (χ3n) is 2.99. The molecule has 0 aliphatic rings. The van der Waals surface area contributed by atoms with E-state index in [-0.39, 0.29) is 18.1 Å². The SMILES string of the molecule is CC(C)C(C)(CC(=O)O)NC(=O)c1ccc(Br)o1. The fourth-order valence-corrected chi connectivity index (χ4v) is 1.77. The molecular weight excluding hydrogens is 302 g/mol. The summed E-state index contributed by atoms with van der Waals surface area (Å²) in [5, 5.41) is 11.6. The lowest BCUT2D eigenvalue weighted by Gasteiger charge is -2.33. The molecule has 18 heavy (non-hydrogen) atoms. The summed E-state index contributed by atoms with van der Waals surface area (Å²) in [6, 6.07) is 3.14. The van der Waals surface area contributed by atoms with Crippen LogP contribution in [0, 0.1) is 5.92 Å². The second-order valence-corrected chi connectivity index (χ2v) is 5.48. The molecule has 0 radical (unpaired) electrons. The highest BCUT2D eigenvalue weighted by Crippen LogP contribution is 2.22. The van der Waals surface area contributed by atoms with Crippen LogP contribution in [0.5, 0.6) is 0 Å². The number of halogens is 1. The number of aliphatic carboxylic acids is 1. The van der Waals surface area contributed by atoms with Crippen molar-refractivity contribution in [2.45, 2.75) is 32.7 Å². The molecule has 1 atom stereocenters. The average Bonchev–Trinajstić information content (AvgIpc) is 2.63. The molecule has 5 nitrogen and oxygen atoms in total. The van der Waals surface area contributed by atoms with Crippen LogP contribution in [0.25, 0.3) is 0 Å². The van der Waals surface area contributed by atoms with Gasteiger partial charge in [-0.2, -0.15) is 0 Å². The number of rotatable bonds is 5. The second-order valence-electron chi connectivity index (χ2n) is 4.70. The summed E-state index contributed by atoms with van der Waals surface area (Å²) in [7, 11) is 0. The van der Waals surface area contributed by atoms with Crippen molar-refractivity contribution in [3.8, 4) is 0 Å². The zero-order valence-electron chi connectivity index (χ0n) is 10.5. The number of carbonyl (C=O) groups excluding carboxylic acids is 1. The molecule has 0 aliphatic heterocycles. The molecule has 0 spiro atoms. The summed E-state index contributed by atoms with van der Waals surface area (Å²) in [4.78, 5) is 22.8. The molecule has 1 unspecified atom stereocenters. The fraction of sp³-hybridized carbons (Fsp3) is 0.500. The van der Waals surface area contributed by atoms with E-state index in [0.717, 1.165) is 0 Å². The van der Waals surface area contributed by atoms with E-state index in [2.05, 4.69) is 21.2 Å². The van der Waals surface area contributed by atoms with Gasteiger partial charge in [0.2, 0.25) is 0 Å². The van der Waals surface area contributed by atoms with Crippen LogP contribution >= 0.6 is 15.9 Å². The first kappa shape index (κ1) is 14.8. The van der Waals surface area contributed by atoms with Gasteiger partial charge in [0.1, 0.15) is 0 Å². The molecule has 1 aromatic rings. The Hall–Kier alpha value is -1.30. The normalized spacial score (nSPS) is 14.3. The summed E-state index contributed by atoms with van der Waals surface area (Å²) < 4.78 is 5.59. The molecule has 0 aliphatic carbocycles. The van der Waals surface area contributed by atoms with Gasteiger partial charge in [0.15, 0.2) is 10.4 Å². The standard InChI is InChI=1S/C12H16BrNO4/c1-7(2)12(3,6-10(15)16)14-11(17)8-4-5-9(13)18-8/h4-5,7H,6H2,1-3H3,(H,14,17)(H,15,16). The Bertz CT molecular complexity index is 455. The molecule has 0 bridgehead atoms. The maximum absolute atomic E-state index is 11.9. The van der Waals surface area contributed by atoms with Gasteiger partial charge in [0.25, 0.3) is 5.91 Å². The largest absolute Gasteiger partial charge is 0.481 e. The third kappa shape index (κ3) is 3.60. The predicted octanol–water partition coefficient (Wildman–Crippen LogP) is 2.66. The van der Waals surface area contributed by atoms with Crippen LogP contribution in [0.3, 0.4) is 0 Å². The zero-order chi connectivity index (χ0) is 13.9. The number of nitrogens with one attached hydrogen (secondary N) is 1. The van der Waals surface area contributed by atoms with Crippen LogP contribution < -0.4 is 5.32 Å². The number of carbonyl (C=O) groups is 2.